The molecule has 0 aromatic rings. The number of rotatable bonds is 13. The van der Waals surface area contributed by atoms with Crippen LogP contribution in [0.4, 0.5) is 0 Å². The number of aliphatic hydroxyl groups is 3. The van der Waals surface area contributed by atoms with E-state index in [2.05, 4.69) is 11.8 Å². The molecule has 16 atom stereocenters. The summed E-state index contributed by atoms with van der Waals surface area (Å²) in [6.07, 6.45) is 12.7. The van der Waals surface area contributed by atoms with Crippen molar-refractivity contribution >= 4 is 29.2 Å². The second-order valence-electron chi connectivity index (χ2n) is 23.1. The molecule has 5 rings (SSSR count). The lowest BCUT2D eigenvalue weighted by Gasteiger charge is -2.43. The molecule has 77 heavy (non-hydrogen) atoms. The van der Waals surface area contributed by atoms with Crippen molar-refractivity contribution in [3.63, 3.8) is 0 Å². The maximum atomic E-state index is 14.6. The van der Waals surface area contributed by atoms with E-state index < -0.39 is 77.8 Å². The van der Waals surface area contributed by atoms with Crippen LogP contribution >= 0.6 is 0 Å². The molecule has 4 heterocycles. The molecule has 436 valence electrons. The number of cyclic esters (lactones) is 1. The van der Waals surface area contributed by atoms with Gasteiger partial charge < -0.3 is 53.4 Å². The van der Waals surface area contributed by atoms with Crippen molar-refractivity contribution in [2.45, 2.75) is 199 Å². The lowest BCUT2D eigenvalue weighted by atomic mass is 9.78. The molecule has 1 aliphatic carbocycles. The largest absolute Gasteiger partial charge is 0.460 e. The van der Waals surface area contributed by atoms with Gasteiger partial charge in [-0.25, -0.2) is 4.79 Å². The fraction of sp³-hybridized carbons (Fsp3) is 0.783. The first-order valence-electron chi connectivity index (χ1n) is 28.8. The Bertz CT molecular complexity index is 2040. The number of carbonyl (C=O) groups is 5. The van der Waals surface area contributed by atoms with Gasteiger partial charge in [-0.1, -0.05) is 71.1 Å². The van der Waals surface area contributed by atoms with Crippen molar-refractivity contribution < 1.29 is 72.5 Å². The van der Waals surface area contributed by atoms with E-state index in [4.69, 9.17) is 33.2 Å². The van der Waals surface area contributed by atoms with Gasteiger partial charge in [0.25, 0.3) is 11.7 Å². The third-order valence-corrected chi connectivity index (χ3v) is 17.0. The van der Waals surface area contributed by atoms with E-state index in [1.165, 1.54) is 12.0 Å². The van der Waals surface area contributed by atoms with Crippen LogP contribution < -0.4 is 0 Å². The van der Waals surface area contributed by atoms with E-state index in [9.17, 15) is 39.3 Å². The summed E-state index contributed by atoms with van der Waals surface area (Å²) >= 11 is 0. The van der Waals surface area contributed by atoms with Crippen LogP contribution in [0, 0.1) is 35.5 Å². The lowest BCUT2D eigenvalue weighted by molar-refractivity contribution is -0.266. The number of hydrogen-bond acceptors (Lipinski definition) is 16. The monoisotopic (exact) mass is 1080 g/mol. The molecule has 2 bridgehead atoms. The highest BCUT2D eigenvalue weighted by molar-refractivity contribution is 6.39. The van der Waals surface area contributed by atoms with Gasteiger partial charge in [0.1, 0.15) is 30.1 Å². The van der Waals surface area contributed by atoms with E-state index in [0.717, 1.165) is 51.1 Å². The van der Waals surface area contributed by atoms with Crippen molar-refractivity contribution in [2.75, 3.05) is 66.9 Å². The Kier molecular flexibility index (Phi) is 26.3. The van der Waals surface area contributed by atoms with Gasteiger partial charge in [-0.2, -0.15) is 0 Å². The predicted molar refractivity (Wildman–Crippen MR) is 291 cm³/mol. The lowest BCUT2D eigenvalue weighted by Crippen LogP contribution is -2.61. The average Bonchev–Trinajstić information content (AvgIpc) is 3.41. The Labute approximate surface area is 459 Å². The molecule has 1 saturated carbocycles. The van der Waals surface area contributed by atoms with Gasteiger partial charge >= 0.3 is 5.97 Å². The van der Waals surface area contributed by atoms with Crippen LogP contribution in [-0.4, -0.2) is 182 Å². The zero-order valence-electron chi connectivity index (χ0n) is 48.1. The highest BCUT2D eigenvalue weighted by atomic mass is 16.6. The number of hydrogen-bond donors (Lipinski definition) is 3. The molecule has 4 aliphatic heterocycles. The van der Waals surface area contributed by atoms with Crippen molar-refractivity contribution in [3.8, 4) is 0 Å². The van der Waals surface area contributed by atoms with Crippen LogP contribution in [0.3, 0.4) is 0 Å². The summed E-state index contributed by atoms with van der Waals surface area (Å²) in [6.45, 7) is 18.7. The van der Waals surface area contributed by atoms with Crippen molar-refractivity contribution in [3.05, 3.63) is 47.6 Å². The van der Waals surface area contributed by atoms with Gasteiger partial charge in [0.2, 0.25) is 5.79 Å². The summed E-state index contributed by atoms with van der Waals surface area (Å²) in [5.74, 6) is -8.09. The van der Waals surface area contributed by atoms with Crippen LogP contribution in [0.15, 0.2) is 47.6 Å². The molecule has 17 heteroatoms. The van der Waals surface area contributed by atoms with Crippen LogP contribution in [0.1, 0.15) is 139 Å². The number of nitrogens with zero attached hydrogens (tertiary/aromatic N) is 2. The van der Waals surface area contributed by atoms with E-state index in [0.29, 0.717) is 63.2 Å². The standard InChI is InChI=1S/C60H96N2O15/c1-38-17-12-11-13-18-39(2)51(75-30-27-63)35-47-22-20-44(7)60(70,77-47)57(67)58(68)62-25-15-14-19-48(62)59(69)76-52(36-49(64)40(3)32-43(6)55(66)56(72-10)54(65)42(5)31-38)41(4)33-46-21-23-50(53(34-46)71-9)74-28-16-24-61-26-29-73-37-45(61)8/h11-13,17-18,32,38,40-42,44-48,50-53,55-56,63,66,70H,14-16,19-31,33-37H2,1-10H3/b13-11+,17-12+,39-18+,43-32+/t38-,40-,41?,42-,44-,45+,46+,47+,48+,50-,51+,52+,53-,55-,56+,60-/m1/s1. The van der Waals surface area contributed by atoms with Gasteiger partial charge in [0, 0.05) is 77.1 Å². The smallest absolute Gasteiger partial charge is 0.329 e. The van der Waals surface area contributed by atoms with Gasteiger partial charge in [-0.05, 0) is 120 Å². The third kappa shape index (κ3) is 18.3. The third-order valence-electron chi connectivity index (χ3n) is 17.0. The van der Waals surface area contributed by atoms with E-state index in [-0.39, 0.29) is 80.5 Å². The first kappa shape index (κ1) is 64.3. The number of carbonyl (C=O) groups excluding carboxylic acids is 5. The van der Waals surface area contributed by atoms with Crippen molar-refractivity contribution in [2.24, 2.45) is 35.5 Å². The zero-order valence-corrected chi connectivity index (χ0v) is 48.1. The Hall–Kier alpha value is -3.49. The number of allylic oxidation sites excluding steroid dienone is 6. The topological polar surface area (TPSA) is 217 Å². The normalized spacial score (nSPS) is 38.4. The number of aliphatic hydroxyl groups excluding tert-OH is 2. The second kappa shape index (κ2) is 31.5. The van der Waals surface area contributed by atoms with Crippen LogP contribution in [0.25, 0.3) is 0 Å². The highest BCUT2D eigenvalue weighted by Crippen LogP contribution is 2.38. The van der Waals surface area contributed by atoms with Gasteiger partial charge in [0.15, 0.2) is 5.78 Å². The quantitative estimate of drug-likeness (QED) is 0.0759. The van der Waals surface area contributed by atoms with Gasteiger partial charge in [0.05, 0.1) is 50.8 Å². The zero-order chi connectivity index (χ0) is 56.4. The molecular weight excluding hydrogens is 989 g/mol. The number of Topliss-reactive ketones (excluding diaryl/α,β-unsaturated/α-hetero) is 3. The SMILES string of the molecule is CO[C@@H]1C[C@H](CC(C)[C@@H]2CC(=O)[C@H](C)/C=C(\C)[C@@H](O)[C@@H](OC)C(=O)[C@H](C)C[C@H](C)/C=C/C=C/C=C(\C)[C@@H](OCCO)C[C@@H]3CC[C@@H](C)[C@@](O)(O3)C(=O)C(=O)N3CCCC[C@H]3C(=O)O2)CC[C@H]1OCCCN1CCOC[C@@H]1C. The van der Waals surface area contributed by atoms with Crippen molar-refractivity contribution in [1.29, 1.82) is 0 Å². The summed E-state index contributed by atoms with van der Waals surface area (Å²) in [4.78, 5) is 75.4. The first-order valence-corrected chi connectivity index (χ1v) is 28.8. The minimum atomic E-state index is -2.48. The molecule has 1 unspecified atom stereocenters. The minimum Gasteiger partial charge on any atom is -0.460 e. The molecule has 3 N–H and O–H groups in total. The van der Waals surface area contributed by atoms with E-state index in [1.54, 1.807) is 34.0 Å². The molecule has 5 aliphatic rings. The molecule has 0 aromatic heterocycles. The number of ether oxygens (including phenoxy) is 7. The van der Waals surface area contributed by atoms with Crippen LogP contribution in [-0.2, 0) is 57.1 Å². The van der Waals surface area contributed by atoms with Crippen LogP contribution in [0.5, 0.6) is 0 Å². The number of amides is 1. The molecule has 17 nitrogen and oxygen atoms in total. The molecule has 0 aromatic carbocycles. The number of morpholine rings is 1. The van der Waals surface area contributed by atoms with E-state index in [1.807, 2.05) is 58.1 Å². The van der Waals surface area contributed by atoms with E-state index >= 15 is 0 Å². The van der Waals surface area contributed by atoms with Gasteiger partial charge in [-0.3, -0.25) is 24.1 Å². The maximum absolute atomic E-state index is 14.6. The molecule has 4 fully saturated rings. The van der Waals surface area contributed by atoms with Crippen molar-refractivity contribution in [1.82, 2.24) is 9.80 Å². The minimum absolute atomic E-state index is 0.0100. The number of piperidine rings is 1. The Morgan fingerprint density at radius 3 is 2.32 bits per heavy atom. The maximum Gasteiger partial charge on any atom is 0.329 e. The molecule has 3 saturated heterocycles. The molecule has 1 amide bonds. The summed E-state index contributed by atoms with van der Waals surface area (Å²) < 4.78 is 42.3. The highest BCUT2D eigenvalue weighted by Gasteiger charge is 2.53. The number of fused-ring (bicyclic) bond motifs is 3. The molecular formula is C60H96N2O15. The summed E-state index contributed by atoms with van der Waals surface area (Å²) in [5.41, 5.74) is 1.19. The number of methoxy groups -OCH3 is 2. The first-order chi connectivity index (χ1) is 36.7. The number of ketones is 3. The summed E-state index contributed by atoms with van der Waals surface area (Å²) in [7, 11) is 3.09. The Morgan fingerprint density at radius 1 is 0.844 bits per heavy atom. The predicted octanol–water partition coefficient (Wildman–Crippen LogP) is 6.68. The fourth-order valence-electron chi connectivity index (χ4n) is 12.0. The van der Waals surface area contributed by atoms with Gasteiger partial charge in [-0.15, -0.1) is 0 Å². The Balaban J connectivity index is 1.41. The van der Waals surface area contributed by atoms with Crippen LogP contribution in [0.2, 0.25) is 0 Å². The summed E-state index contributed by atoms with van der Waals surface area (Å²) in [6, 6.07) is -0.783. The fourth-order valence-corrected chi connectivity index (χ4v) is 12.0. The average molecular weight is 1090 g/mol. The molecule has 0 spiro atoms. The number of esters is 1. The Morgan fingerprint density at radius 2 is 1.61 bits per heavy atom. The summed E-state index contributed by atoms with van der Waals surface area (Å²) in [5, 5.41) is 33.4. The second-order valence-corrected chi connectivity index (χ2v) is 23.1. The molecule has 0 radical (unpaired) electrons.